The van der Waals surface area contributed by atoms with Crippen molar-refractivity contribution in [2.75, 3.05) is 33.8 Å². The van der Waals surface area contributed by atoms with Gasteiger partial charge in [-0.25, -0.2) is 4.79 Å². The van der Waals surface area contributed by atoms with E-state index in [9.17, 15) is 4.79 Å². The van der Waals surface area contributed by atoms with Crippen LogP contribution in [0.4, 0.5) is 4.79 Å². The number of likely N-dealkylation sites (N-methyl/N-ethyl adjacent to an activating group) is 1. The molecule has 1 rings (SSSR count). The Morgan fingerprint density at radius 2 is 1.91 bits per heavy atom. The van der Waals surface area contributed by atoms with Gasteiger partial charge in [-0.2, -0.15) is 0 Å². The molecule has 0 spiro atoms. The predicted octanol–water partition coefficient (Wildman–Crippen LogP) is 3.21. The van der Waals surface area contributed by atoms with E-state index in [2.05, 4.69) is 18.5 Å². The first-order valence-electron chi connectivity index (χ1n) is 8.41. The molecule has 5 nitrogen and oxygen atoms in total. The number of nitrogens with zero attached hydrogens (tertiary/aromatic N) is 2. The molecule has 1 fully saturated rings. The third-order valence-corrected chi connectivity index (χ3v) is 4.47. The first-order valence-corrected chi connectivity index (χ1v) is 8.41. The van der Waals surface area contributed by atoms with Crippen molar-refractivity contribution in [3.63, 3.8) is 0 Å². The van der Waals surface area contributed by atoms with Gasteiger partial charge in [0, 0.05) is 26.2 Å². The molecule has 0 saturated heterocycles. The summed E-state index contributed by atoms with van der Waals surface area (Å²) in [7, 11) is 3.78. The van der Waals surface area contributed by atoms with E-state index in [0.717, 1.165) is 51.8 Å². The summed E-state index contributed by atoms with van der Waals surface area (Å²) in [6, 6.07) is 0.165. The maximum Gasteiger partial charge on any atom is 0.407 e. The number of hydrogen-bond acceptors (Lipinski definition) is 3. The SMILES string of the molecule is C=CCN(C)CCCCCOC1CCC(N(C)C(=O)O)CC1. The van der Waals surface area contributed by atoms with Crippen LogP contribution in [0, 0.1) is 0 Å². The van der Waals surface area contributed by atoms with Gasteiger partial charge in [-0.3, -0.25) is 0 Å². The summed E-state index contributed by atoms with van der Waals surface area (Å²) in [6.45, 7) is 6.63. The Kier molecular flexibility index (Phi) is 9.16. The van der Waals surface area contributed by atoms with Gasteiger partial charge in [0.15, 0.2) is 0 Å². The van der Waals surface area contributed by atoms with Gasteiger partial charge in [0.1, 0.15) is 0 Å². The van der Waals surface area contributed by atoms with Crippen LogP contribution in [0.25, 0.3) is 0 Å². The number of unbranched alkanes of at least 4 members (excludes halogenated alkanes) is 2. The van der Waals surface area contributed by atoms with Crippen molar-refractivity contribution in [1.82, 2.24) is 9.80 Å². The Hall–Kier alpha value is -1.07. The fourth-order valence-corrected chi connectivity index (χ4v) is 2.98. The van der Waals surface area contributed by atoms with E-state index >= 15 is 0 Å². The minimum absolute atomic E-state index is 0.165. The number of carboxylic acid groups (broad SMARTS) is 1. The summed E-state index contributed by atoms with van der Waals surface area (Å²) in [6.07, 6.45) is 8.71. The molecule has 1 amide bonds. The van der Waals surface area contributed by atoms with Gasteiger partial charge in [-0.05, 0) is 58.5 Å². The molecule has 1 aliphatic carbocycles. The predicted molar refractivity (Wildman–Crippen MR) is 89.3 cm³/mol. The monoisotopic (exact) mass is 312 g/mol. The second-order valence-electron chi connectivity index (χ2n) is 6.31. The van der Waals surface area contributed by atoms with Crippen molar-refractivity contribution in [2.45, 2.75) is 57.1 Å². The largest absolute Gasteiger partial charge is 0.465 e. The maximum absolute atomic E-state index is 10.9. The van der Waals surface area contributed by atoms with E-state index in [-0.39, 0.29) is 6.04 Å². The highest BCUT2D eigenvalue weighted by atomic mass is 16.5. The zero-order valence-corrected chi connectivity index (χ0v) is 14.2. The Bertz CT molecular complexity index is 328. The average Bonchev–Trinajstić information content (AvgIpc) is 2.50. The van der Waals surface area contributed by atoms with Crippen molar-refractivity contribution in [2.24, 2.45) is 0 Å². The zero-order chi connectivity index (χ0) is 16.4. The van der Waals surface area contributed by atoms with E-state index in [0.29, 0.717) is 6.10 Å². The summed E-state index contributed by atoms with van der Waals surface area (Å²) in [5, 5.41) is 8.98. The molecule has 0 aromatic rings. The van der Waals surface area contributed by atoms with E-state index in [1.807, 2.05) is 6.08 Å². The highest BCUT2D eigenvalue weighted by Gasteiger charge is 2.26. The fraction of sp³-hybridized carbons (Fsp3) is 0.824. The van der Waals surface area contributed by atoms with Gasteiger partial charge in [0.25, 0.3) is 0 Å². The minimum atomic E-state index is -0.828. The Balaban J connectivity index is 2.01. The molecule has 1 aliphatic rings. The number of ether oxygens (including phenoxy) is 1. The standard InChI is InChI=1S/C17H32N2O3/c1-4-12-18(2)13-6-5-7-14-22-16-10-8-15(9-11-16)19(3)17(20)21/h4,15-16H,1,5-14H2,2-3H3,(H,20,21). The molecule has 0 aliphatic heterocycles. The van der Waals surface area contributed by atoms with Gasteiger partial charge in [-0.1, -0.05) is 6.08 Å². The molecule has 0 aromatic carbocycles. The zero-order valence-electron chi connectivity index (χ0n) is 14.2. The van der Waals surface area contributed by atoms with Crippen LogP contribution in [0.15, 0.2) is 12.7 Å². The molecule has 0 unspecified atom stereocenters. The average molecular weight is 312 g/mol. The van der Waals surface area contributed by atoms with E-state index in [1.165, 1.54) is 17.7 Å². The van der Waals surface area contributed by atoms with Crippen molar-refractivity contribution in [1.29, 1.82) is 0 Å². The van der Waals surface area contributed by atoms with Crippen LogP contribution < -0.4 is 0 Å². The number of amides is 1. The molecule has 1 N–H and O–H groups in total. The molecule has 0 bridgehead atoms. The number of rotatable bonds is 10. The van der Waals surface area contributed by atoms with Gasteiger partial charge in [0.2, 0.25) is 0 Å². The van der Waals surface area contributed by atoms with Crippen LogP contribution in [0.1, 0.15) is 44.9 Å². The molecule has 0 atom stereocenters. The highest BCUT2D eigenvalue weighted by molar-refractivity contribution is 5.64. The first-order chi connectivity index (χ1) is 10.5. The lowest BCUT2D eigenvalue weighted by Gasteiger charge is -2.33. The number of carbonyl (C=O) groups is 1. The van der Waals surface area contributed by atoms with Gasteiger partial charge in [-0.15, -0.1) is 6.58 Å². The summed E-state index contributed by atoms with van der Waals surface area (Å²) >= 11 is 0. The lowest BCUT2D eigenvalue weighted by atomic mass is 9.92. The summed E-state index contributed by atoms with van der Waals surface area (Å²) in [5.74, 6) is 0. The van der Waals surface area contributed by atoms with Crippen molar-refractivity contribution < 1.29 is 14.6 Å². The molecule has 0 aromatic heterocycles. The van der Waals surface area contributed by atoms with Gasteiger partial charge in [0.05, 0.1) is 6.10 Å². The van der Waals surface area contributed by atoms with Crippen LogP contribution in [-0.2, 0) is 4.74 Å². The molecule has 0 radical (unpaired) electrons. The summed E-state index contributed by atoms with van der Waals surface area (Å²) < 4.78 is 5.93. The normalized spacial score (nSPS) is 21.8. The summed E-state index contributed by atoms with van der Waals surface area (Å²) in [4.78, 5) is 14.6. The van der Waals surface area contributed by atoms with E-state index < -0.39 is 6.09 Å². The molecule has 5 heteroatoms. The quantitative estimate of drug-likeness (QED) is 0.497. The highest BCUT2D eigenvalue weighted by Crippen LogP contribution is 2.24. The first kappa shape index (κ1) is 19.0. The second kappa shape index (κ2) is 10.6. The smallest absolute Gasteiger partial charge is 0.407 e. The Labute approximate surface area is 134 Å². The van der Waals surface area contributed by atoms with Crippen molar-refractivity contribution >= 4 is 6.09 Å². The number of hydrogen-bond donors (Lipinski definition) is 1. The van der Waals surface area contributed by atoms with E-state index in [4.69, 9.17) is 9.84 Å². The Morgan fingerprint density at radius 3 is 2.50 bits per heavy atom. The van der Waals surface area contributed by atoms with Gasteiger partial charge < -0.3 is 19.6 Å². The molecule has 0 heterocycles. The van der Waals surface area contributed by atoms with Crippen molar-refractivity contribution in [3.05, 3.63) is 12.7 Å². The summed E-state index contributed by atoms with van der Waals surface area (Å²) in [5.41, 5.74) is 0. The lowest BCUT2D eigenvalue weighted by Crippen LogP contribution is -2.39. The van der Waals surface area contributed by atoms with Gasteiger partial charge >= 0.3 is 6.09 Å². The fourth-order valence-electron chi connectivity index (χ4n) is 2.98. The minimum Gasteiger partial charge on any atom is -0.465 e. The molecular weight excluding hydrogens is 280 g/mol. The molecular formula is C17H32N2O3. The third kappa shape index (κ3) is 7.27. The third-order valence-electron chi connectivity index (χ3n) is 4.47. The van der Waals surface area contributed by atoms with Crippen LogP contribution in [0.2, 0.25) is 0 Å². The topological polar surface area (TPSA) is 53.0 Å². The molecule has 22 heavy (non-hydrogen) atoms. The molecule has 128 valence electrons. The van der Waals surface area contributed by atoms with Crippen molar-refractivity contribution in [3.8, 4) is 0 Å². The lowest BCUT2D eigenvalue weighted by molar-refractivity contribution is 0.00989. The Morgan fingerprint density at radius 1 is 1.23 bits per heavy atom. The van der Waals surface area contributed by atoms with Crippen LogP contribution >= 0.6 is 0 Å². The van der Waals surface area contributed by atoms with Crippen LogP contribution in [0.3, 0.4) is 0 Å². The van der Waals surface area contributed by atoms with E-state index in [1.54, 1.807) is 7.05 Å². The van der Waals surface area contributed by atoms with Crippen LogP contribution in [-0.4, -0.2) is 66.9 Å². The second-order valence-corrected chi connectivity index (χ2v) is 6.31. The van der Waals surface area contributed by atoms with Crippen LogP contribution in [0.5, 0.6) is 0 Å². The maximum atomic E-state index is 10.9. The molecule has 1 saturated carbocycles.